The lowest BCUT2D eigenvalue weighted by Gasteiger charge is -2.53. The molecule has 2 aliphatic rings. The Kier molecular flexibility index (Phi) is 4.19. The predicted octanol–water partition coefficient (Wildman–Crippen LogP) is 1.74. The number of piperidine rings is 2. The van der Waals surface area contributed by atoms with Gasteiger partial charge in [0.2, 0.25) is 0 Å². The molecule has 5 heteroatoms. The maximum atomic E-state index is 13.0. The van der Waals surface area contributed by atoms with E-state index in [1.807, 2.05) is 4.90 Å². The van der Waals surface area contributed by atoms with E-state index in [1.165, 1.54) is 24.3 Å². The van der Waals surface area contributed by atoms with Crippen molar-refractivity contribution >= 4 is 5.91 Å². The highest BCUT2D eigenvalue weighted by atomic mass is 19.1. The topological polar surface area (TPSA) is 43.8 Å². The standard InChI is InChI=1S/C17H23FN2O2/c1-19-9-2-7-17(12-21)8-10-20(11-15(17)19)16(22)13-3-5-14(18)6-4-13/h3-6,15,21H,2,7-12H2,1H3/t15-,17-/m1/s1. The summed E-state index contributed by atoms with van der Waals surface area (Å²) in [6, 6.07) is 5.92. The van der Waals surface area contributed by atoms with Crippen LogP contribution in [0.5, 0.6) is 0 Å². The summed E-state index contributed by atoms with van der Waals surface area (Å²) in [7, 11) is 2.07. The number of likely N-dealkylation sites (N-methyl/N-ethyl adjacent to an activating group) is 1. The maximum Gasteiger partial charge on any atom is 0.253 e. The summed E-state index contributed by atoms with van der Waals surface area (Å²) >= 11 is 0. The van der Waals surface area contributed by atoms with Crippen molar-refractivity contribution in [3.05, 3.63) is 35.6 Å². The average Bonchev–Trinajstić information content (AvgIpc) is 2.55. The van der Waals surface area contributed by atoms with E-state index < -0.39 is 0 Å². The lowest BCUT2D eigenvalue weighted by atomic mass is 9.69. The van der Waals surface area contributed by atoms with Crippen LogP contribution in [0.4, 0.5) is 4.39 Å². The third-order valence-corrected chi connectivity index (χ3v) is 5.39. The van der Waals surface area contributed by atoms with Crippen LogP contribution in [0, 0.1) is 11.2 Å². The van der Waals surface area contributed by atoms with Gasteiger partial charge in [-0.25, -0.2) is 4.39 Å². The smallest absolute Gasteiger partial charge is 0.253 e. The van der Waals surface area contributed by atoms with Crippen LogP contribution in [0.2, 0.25) is 0 Å². The third kappa shape index (κ3) is 2.63. The first-order valence-corrected chi connectivity index (χ1v) is 7.92. The Morgan fingerprint density at radius 3 is 2.73 bits per heavy atom. The molecule has 0 spiro atoms. The van der Waals surface area contributed by atoms with E-state index in [9.17, 15) is 14.3 Å². The van der Waals surface area contributed by atoms with Gasteiger partial charge in [-0.3, -0.25) is 4.79 Å². The molecular formula is C17H23FN2O2. The fourth-order valence-corrected chi connectivity index (χ4v) is 3.98. The quantitative estimate of drug-likeness (QED) is 0.905. The highest BCUT2D eigenvalue weighted by Crippen LogP contribution is 2.41. The fraction of sp³-hybridized carbons (Fsp3) is 0.588. The van der Waals surface area contributed by atoms with Crippen molar-refractivity contribution in [2.75, 3.05) is 33.3 Å². The molecule has 120 valence electrons. The first kappa shape index (κ1) is 15.4. The van der Waals surface area contributed by atoms with Crippen LogP contribution >= 0.6 is 0 Å². The molecule has 2 saturated heterocycles. The molecule has 2 atom stereocenters. The number of aliphatic hydroxyl groups is 1. The summed E-state index contributed by atoms with van der Waals surface area (Å²) in [4.78, 5) is 16.7. The second-order valence-corrected chi connectivity index (χ2v) is 6.63. The summed E-state index contributed by atoms with van der Waals surface area (Å²) in [5.74, 6) is -0.382. The van der Waals surface area contributed by atoms with E-state index in [0.717, 1.165) is 25.8 Å². The second kappa shape index (κ2) is 5.97. The number of likely N-dealkylation sites (tertiary alicyclic amines) is 2. The molecule has 3 rings (SSSR count). The van der Waals surface area contributed by atoms with Gasteiger partial charge < -0.3 is 14.9 Å². The van der Waals surface area contributed by atoms with Gasteiger partial charge in [0.25, 0.3) is 5.91 Å². The van der Waals surface area contributed by atoms with E-state index in [2.05, 4.69) is 11.9 Å². The zero-order valence-electron chi connectivity index (χ0n) is 13.0. The molecular weight excluding hydrogens is 283 g/mol. The van der Waals surface area contributed by atoms with E-state index in [4.69, 9.17) is 0 Å². The second-order valence-electron chi connectivity index (χ2n) is 6.63. The average molecular weight is 306 g/mol. The summed E-state index contributed by atoms with van der Waals surface area (Å²) in [5.41, 5.74) is 0.448. The van der Waals surface area contributed by atoms with E-state index in [-0.39, 0.29) is 29.8 Å². The molecule has 1 amide bonds. The lowest BCUT2D eigenvalue weighted by Crippen LogP contribution is -2.62. The van der Waals surface area contributed by atoms with Gasteiger partial charge in [0, 0.05) is 30.1 Å². The van der Waals surface area contributed by atoms with Crippen molar-refractivity contribution < 1.29 is 14.3 Å². The molecule has 0 aromatic heterocycles. The third-order valence-electron chi connectivity index (χ3n) is 5.39. The van der Waals surface area contributed by atoms with Gasteiger partial charge in [0.15, 0.2) is 0 Å². The van der Waals surface area contributed by atoms with E-state index in [1.54, 1.807) is 0 Å². The van der Waals surface area contributed by atoms with Crippen LogP contribution in [-0.4, -0.2) is 60.1 Å². The monoisotopic (exact) mass is 306 g/mol. The Hall–Kier alpha value is -1.46. The fourth-order valence-electron chi connectivity index (χ4n) is 3.98. The summed E-state index contributed by atoms with van der Waals surface area (Å²) in [5, 5.41) is 9.90. The molecule has 2 aliphatic heterocycles. The van der Waals surface area contributed by atoms with Crippen LogP contribution in [0.25, 0.3) is 0 Å². The largest absolute Gasteiger partial charge is 0.396 e. The van der Waals surface area contributed by atoms with Crippen molar-refractivity contribution in [2.45, 2.75) is 25.3 Å². The summed E-state index contributed by atoms with van der Waals surface area (Å²) < 4.78 is 13.0. The van der Waals surface area contributed by atoms with Gasteiger partial charge >= 0.3 is 0 Å². The van der Waals surface area contributed by atoms with Gasteiger partial charge in [-0.2, -0.15) is 0 Å². The molecule has 0 saturated carbocycles. The van der Waals surface area contributed by atoms with E-state index in [0.29, 0.717) is 18.7 Å². The molecule has 1 aromatic rings. The van der Waals surface area contributed by atoms with Gasteiger partial charge in [0.05, 0.1) is 6.61 Å². The van der Waals surface area contributed by atoms with Crippen LogP contribution in [-0.2, 0) is 0 Å². The van der Waals surface area contributed by atoms with Gasteiger partial charge in [-0.15, -0.1) is 0 Å². The minimum atomic E-state index is -0.332. The zero-order chi connectivity index (χ0) is 15.7. The van der Waals surface area contributed by atoms with Crippen molar-refractivity contribution in [3.63, 3.8) is 0 Å². The summed E-state index contributed by atoms with van der Waals surface area (Å²) in [6.07, 6.45) is 2.95. The number of carbonyl (C=O) groups is 1. The van der Waals surface area contributed by atoms with Crippen LogP contribution in [0.1, 0.15) is 29.6 Å². The Morgan fingerprint density at radius 1 is 1.32 bits per heavy atom. The molecule has 1 N–H and O–H groups in total. The molecule has 0 radical (unpaired) electrons. The first-order valence-electron chi connectivity index (χ1n) is 7.92. The Bertz CT molecular complexity index is 548. The minimum absolute atomic E-state index is 0.0505. The Balaban J connectivity index is 1.77. The molecule has 0 aliphatic carbocycles. The van der Waals surface area contributed by atoms with Gasteiger partial charge in [0.1, 0.15) is 5.82 Å². The molecule has 22 heavy (non-hydrogen) atoms. The minimum Gasteiger partial charge on any atom is -0.396 e. The number of hydrogen-bond acceptors (Lipinski definition) is 3. The molecule has 2 heterocycles. The lowest BCUT2D eigenvalue weighted by molar-refractivity contribution is -0.0601. The van der Waals surface area contributed by atoms with Crippen LogP contribution in [0.3, 0.4) is 0 Å². The van der Waals surface area contributed by atoms with Crippen LogP contribution in [0.15, 0.2) is 24.3 Å². The molecule has 4 nitrogen and oxygen atoms in total. The number of amides is 1. The first-order chi connectivity index (χ1) is 10.6. The van der Waals surface area contributed by atoms with Gasteiger partial charge in [-0.05, 0) is 57.1 Å². The number of rotatable bonds is 2. The highest BCUT2D eigenvalue weighted by molar-refractivity contribution is 5.94. The summed E-state index contributed by atoms with van der Waals surface area (Å²) in [6.45, 7) is 2.47. The van der Waals surface area contributed by atoms with Crippen molar-refractivity contribution in [1.82, 2.24) is 9.80 Å². The Morgan fingerprint density at radius 2 is 2.05 bits per heavy atom. The van der Waals surface area contributed by atoms with E-state index >= 15 is 0 Å². The molecule has 2 fully saturated rings. The molecule has 0 unspecified atom stereocenters. The van der Waals surface area contributed by atoms with Gasteiger partial charge in [-0.1, -0.05) is 0 Å². The number of nitrogens with zero attached hydrogens (tertiary/aromatic N) is 2. The number of hydrogen-bond donors (Lipinski definition) is 1. The number of halogens is 1. The number of carbonyl (C=O) groups excluding carboxylic acids is 1. The molecule has 1 aromatic carbocycles. The predicted molar refractivity (Wildman–Crippen MR) is 82.1 cm³/mol. The number of fused-ring (bicyclic) bond motifs is 1. The normalized spacial score (nSPS) is 29.2. The van der Waals surface area contributed by atoms with Crippen molar-refractivity contribution in [1.29, 1.82) is 0 Å². The zero-order valence-corrected chi connectivity index (χ0v) is 13.0. The molecule has 0 bridgehead atoms. The van der Waals surface area contributed by atoms with Crippen molar-refractivity contribution in [2.24, 2.45) is 5.41 Å². The SMILES string of the molecule is CN1CCC[C@]2(CO)CCN(C(=O)c3ccc(F)cc3)C[C@@H]12. The highest BCUT2D eigenvalue weighted by Gasteiger charge is 2.47. The number of aliphatic hydroxyl groups excluding tert-OH is 1. The Labute approximate surface area is 130 Å². The maximum absolute atomic E-state index is 13.0. The number of benzene rings is 1. The van der Waals surface area contributed by atoms with Crippen molar-refractivity contribution in [3.8, 4) is 0 Å². The van der Waals surface area contributed by atoms with Crippen LogP contribution < -0.4 is 0 Å².